The van der Waals surface area contributed by atoms with Crippen LogP contribution in [0.25, 0.3) is 0 Å². The van der Waals surface area contributed by atoms with Gasteiger partial charge in [0.2, 0.25) is 0 Å². The van der Waals surface area contributed by atoms with E-state index < -0.39 is 11.7 Å². The van der Waals surface area contributed by atoms with Gasteiger partial charge < -0.3 is 14.5 Å². The lowest BCUT2D eigenvalue weighted by atomic mass is 9.85. The number of hydrogen-bond acceptors (Lipinski definition) is 6. The highest BCUT2D eigenvalue weighted by molar-refractivity contribution is 7.17. The molecular formula is C17H16F3N3O2S. The van der Waals surface area contributed by atoms with Crippen molar-refractivity contribution < 1.29 is 22.7 Å². The first-order valence-corrected chi connectivity index (χ1v) is 9.03. The van der Waals surface area contributed by atoms with E-state index in [2.05, 4.69) is 9.88 Å². The molecule has 9 heteroatoms. The van der Waals surface area contributed by atoms with Crippen molar-refractivity contribution in [1.82, 2.24) is 4.98 Å². The van der Waals surface area contributed by atoms with Crippen LogP contribution in [-0.2, 0) is 10.9 Å². The Morgan fingerprint density at radius 2 is 2.04 bits per heavy atom. The van der Waals surface area contributed by atoms with Crippen molar-refractivity contribution in [3.8, 4) is 0 Å². The van der Waals surface area contributed by atoms with Crippen molar-refractivity contribution in [3.05, 3.63) is 40.9 Å². The minimum atomic E-state index is -4.34. The van der Waals surface area contributed by atoms with E-state index in [1.54, 1.807) is 13.0 Å². The van der Waals surface area contributed by atoms with Gasteiger partial charge >= 0.3 is 12.1 Å². The zero-order chi connectivity index (χ0) is 18.5. The number of halogens is 3. The minimum Gasteiger partial charge on any atom is -0.462 e. The molecule has 0 radical (unpaired) electrons. The van der Waals surface area contributed by atoms with Gasteiger partial charge in [-0.25, -0.2) is 9.78 Å². The lowest BCUT2D eigenvalue weighted by molar-refractivity contribution is -0.137. The third kappa shape index (κ3) is 2.80. The van der Waals surface area contributed by atoms with E-state index in [-0.39, 0.29) is 18.1 Å². The fraction of sp³-hybridized carbons (Fsp3) is 0.412. The van der Waals surface area contributed by atoms with E-state index in [1.807, 2.05) is 4.90 Å². The van der Waals surface area contributed by atoms with Crippen molar-refractivity contribution in [3.63, 3.8) is 0 Å². The Hall–Kier alpha value is -2.29. The Balaban J connectivity index is 1.42. The van der Waals surface area contributed by atoms with E-state index in [0.29, 0.717) is 30.3 Å². The van der Waals surface area contributed by atoms with E-state index >= 15 is 0 Å². The van der Waals surface area contributed by atoms with E-state index in [0.717, 1.165) is 11.2 Å². The summed E-state index contributed by atoms with van der Waals surface area (Å²) in [4.78, 5) is 20.5. The van der Waals surface area contributed by atoms with E-state index in [9.17, 15) is 18.0 Å². The lowest BCUT2D eigenvalue weighted by Crippen LogP contribution is -2.79. The summed E-state index contributed by atoms with van der Waals surface area (Å²) in [5.41, 5.74) is -0.0410. The topological polar surface area (TPSA) is 45.7 Å². The Morgan fingerprint density at radius 1 is 1.31 bits per heavy atom. The number of rotatable bonds is 4. The van der Waals surface area contributed by atoms with Crippen LogP contribution in [0.15, 0.2) is 30.5 Å². The number of piperazine rings is 1. The van der Waals surface area contributed by atoms with Gasteiger partial charge in [0.25, 0.3) is 0 Å². The molecule has 26 heavy (non-hydrogen) atoms. The SMILES string of the molecule is CCOC(=O)c1cnc(N2C[C@@H]3C2CN3c2cccc(C(F)(F)F)c2)s1. The Labute approximate surface area is 152 Å². The summed E-state index contributed by atoms with van der Waals surface area (Å²) in [6, 6.07) is 5.81. The quantitative estimate of drug-likeness (QED) is 0.757. The summed E-state index contributed by atoms with van der Waals surface area (Å²) in [6.07, 6.45) is -2.83. The summed E-state index contributed by atoms with van der Waals surface area (Å²) in [7, 11) is 0. The van der Waals surface area contributed by atoms with Crippen molar-refractivity contribution in [2.45, 2.75) is 25.2 Å². The van der Waals surface area contributed by atoms with Gasteiger partial charge in [-0.2, -0.15) is 13.2 Å². The zero-order valence-electron chi connectivity index (χ0n) is 13.9. The van der Waals surface area contributed by atoms with Crippen LogP contribution in [0, 0.1) is 0 Å². The fourth-order valence-corrected chi connectivity index (χ4v) is 4.20. The molecule has 0 spiro atoms. The molecule has 1 aromatic carbocycles. The smallest absolute Gasteiger partial charge is 0.416 e. The molecule has 0 amide bonds. The number of anilines is 2. The average molecular weight is 383 g/mol. The minimum absolute atomic E-state index is 0.174. The van der Waals surface area contributed by atoms with Gasteiger partial charge in [0.15, 0.2) is 5.13 Å². The summed E-state index contributed by atoms with van der Waals surface area (Å²) >= 11 is 1.28. The molecule has 2 aromatic rings. The second-order valence-corrected chi connectivity index (χ2v) is 7.22. The molecular weight excluding hydrogens is 367 g/mol. The van der Waals surface area contributed by atoms with Crippen LogP contribution in [0.1, 0.15) is 22.2 Å². The highest BCUT2D eigenvalue weighted by Gasteiger charge is 2.52. The van der Waals surface area contributed by atoms with Crippen molar-refractivity contribution >= 4 is 28.1 Å². The monoisotopic (exact) mass is 383 g/mol. The third-order valence-electron chi connectivity index (χ3n) is 4.73. The predicted octanol–water partition coefficient (Wildman–Crippen LogP) is 3.42. The molecule has 4 rings (SSSR count). The number of benzene rings is 1. The predicted molar refractivity (Wildman–Crippen MR) is 91.8 cm³/mol. The van der Waals surface area contributed by atoms with Gasteiger partial charge in [-0.05, 0) is 25.1 Å². The van der Waals surface area contributed by atoms with Gasteiger partial charge in [0, 0.05) is 18.8 Å². The molecule has 0 N–H and O–H groups in total. The molecule has 1 aromatic heterocycles. The summed E-state index contributed by atoms with van der Waals surface area (Å²) in [5.74, 6) is -0.382. The molecule has 5 nitrogen and oxygen atoms in total. The number of carbonyl (C=O) groups is 1. The number of thiazole rings is 1. The van der Waals surface area contributed by atoms with E-state index in [4.69, 9.17) is 4.74 Å². The largest absolute Gasteiger partial charge is 0.462 e. The van der Waals surface area contributed by atoms with Crippen molar-refractivity contribution in [2.24, 2.45) is 0 Å². The van der Waals surface area contributed by atoms with Crippen LogP contribution in [0.2, 0.25) is 0 Å². The number of fused-ring (bicyclic) bond motifs is 1. The maximum Gasteiger partial charge on any atom is 0.416 e. The Morgan fingerprint density at radius 3 is 2.69 bits per heavy atom. The molecule has 2 aliphatic heterocycles. The number of aromatic nitrogens is 1. The average Bonchev–Trinajstić information content (AvgIpc) is 3.06. The molecule has 2 saturated heterocycles. The number of carbonyl (C=O) groups excluding carboxylic acids is 1. The molecule has 0 saturated carbocycles. The first-order valence-electron chi connectivity index (χ1n) is 8.22. The van der Waals surface area contributed by atoms with Gasteiger partial charge in [-0.3, -0.25) is 0 Å². The first-order chi connectivity index (χ1) is 12.4. The molecule has 2 atom stereocenters. The molecule has 138 valence electrons. The molecule has 0 aliphatic carbocycles. The highest BCUT2D eigenvalue weighted by atomic mass is 32.1. The second-order valence-electron chi connectivity index (χ2n) is 6.22. The van der Waals surface area contributed by atoms with Crippen LogP contribution in [0.4, 0.5) is 24.0 Å². The van der Waals surface area contributed by atoms with Crippen molar-refractivity contribution in [1.29, 1.82) is 0 Å². The van der Waals surface area contributed by atoms with E-state index in [1.165, 1.54) is 29.7 Å². The van der Waals surface area contributed by atoms with Crippen LogP contribution < -0.4 is 9.80 Å². The summed E-state index contributed by atoms with van der Waals surface area (Å²) in [5, 5.41) is 0.748. The Kier molecular flexibility index (Phi) is 4.06. The molecule has 0 bridgehead atoms. The van der Waals surface area contributed by atoms with Crippen LogP contribution in [-0.4, -0.2) is 42.7 Å². The van der Waals surface area contributed by atoms with Crippen LogP contribution >= 0.6 is 11.3 Å². The molecule has 3 heterocycles. The first kappa shape index (κ1) is 17.1. The number of ether oxygens (including phenoxy) is 1. The van der Waals surface area contributed by atoms with Gasteiger partial charge in [0.05, 0.1) is 30.5 Å². The highest BCUT2D eigenvalue weighted by Crippen LogP contribution is 2.42. The van der Waals surface area contributed by atoms with Gasteiger partial charge in [-0.15, -0.1) is 0 Å². The molecule has 1 unspecified atom stereocenters. The van der Waals surface area contributed by atoms with Crippen molar-refractivity contribution in [2.75, 3.05) is 29.5 Å². The Bertz CT molecular complexity index is 839. The van der Waals surface area contributed by atoms with Gasteiger partial charge in [0.1, 0.15) is 4.88 Å². The maximum absolute atomic E-state index is 12.9. The fourth-order valence-electron chi connectivity index (χ4n) is 3.33. The summed E-state index contributed by atoms with van der Waals surface area (Å²) < 4.78 is 43.6. The maximum atomic E-state index is 12.9. The normalized spacial score (nSPS) is 21.7. The number of hydrogen-bond donors (Lipinski definition) is 0. The number of alkyl halides is 3. The number of nitrogens with zero attached hydrogens (tertiary/aromatic N) is 3. The van der Waals surface area contributed by atoms with Crippen LogP contribution in [0.3, 0.4) is 0 Å². The van der Waals surface area contributed by atoms with Gasteiger partial charge in [-0.1, -0.05) is 17.4 Å². The lowest BCUT2D eigenvalue weighted by Gasteiger charge is -2.62. The molecule has 2 fully saturated rings. The standard InChI is InChI=1S/C17H16F3N3O2S/c1-2-25-15(24)14-7-21-16(26-14)23-9-12-13(23)8-22(12)11-5-3-4-10(6-11)17(18,19)20/h3-7,12-13H,2,8-9H2,1H3/t12-,13?/m1/s1. The molecule has 2 aliphatic rings. The van der Waals surface area contributed by atoms with Crippen LogP contribution in [0.5, 0.6) is 0 Å². The second kappa shape index (κ2) is 6.15. The summed E-state index contributed by atoms with van der Waals surface area (Å²) in [6.45, 7) is 3.38. The zero-order valence-corrected chi connectivity index (χ0v) is 14.7. The number of esters is 1. The third-order valence-corrected chi connectivity index (χ3v) is 5.75.